The largest absolute Gasteiger partial charge is 0.497 e. The van der Waals surface area contributed by atoms with Gasteiger partial charge in [0.15, 0.2) is 0 Å². The number of methoxy groups -OCH3 is 1. The van der Waals surface area contributed by atoms with Gasteiger partial charge in [-0.3, -0.25) is 13.9 Å². The third-order valence-corrected chi connectivity index (χ3v) is 6.99. The van der Waals surface area contributed by atoms with Gasteiger partial charge >= 0.3 is 0 Å². The van der Waals surface area contributed by atoms with E-state index < -0.39 is 16.1 Å². The minimum absolute atomic E-state index is 0.0738. The summed E-state index contributed by atoms with van der Waals surface area (Å²) in [5, 5.41) is 2.85. The molecule has 0 saturated heterocycles. The van der Waals surface area contributed by atoms with Gasteiger partial charge in [-0.25, -0.2) is 8.42 Å². The Kier molecular flexibility index (Phi) is 11.7. The summed E-state index contributed by atoms with van der Waals surface area (Å²) in [6.07, 6.45) is 2.27. The summed E-state index contributed by atoms with van der Waals surface area (Å²) in [5.41, 5.74) is 1.29. The molecule has 2 amide bonds. The topological polar surface area (TPSA) is 105 Å². The van der Waals surface area contributed by atoms with E-state index in [9.17, 15) is 18.0 Å². The molecule has 0 bridgehead atoms. The second-order valence-corrected chi connectivity index (χ2v) is 10.6. The number of carbonyl (C=O) groups is 2. The Hall–Kier alpha value is -3.27. The fourth-order valence-corrected chi connectivity index (χ4v) is 4.80. The van der Waals surface area contributed by atoms with Crippen molar-refractivity contribution >= 4 is 27.5 Å². The van der Waals surface area contributed by atoms with Crippen LogP contribution in [0.1, 0.15) is 45.6 Å². The van der Waals surface area contributed by atoms with E-state index in [0.29, 0.717) is 30.3 Å². The second-order valence-electron chi connectivity index (χ2n) is 8.68. The number of anilines is 1. The van der Waals surface area contributed by atoms with Crippen LogP contribution in [0.25, 0.3) is 0 Å². The standard InChI is InChI=1S/C27H39N3O6S/c1-6-18-28-27(32)21(3)29(20-22-14-16-23(35-4)17-15-22)26(31)13-10-19-30(37(5,33)34)24-11-8-9-12-25(24)36-7-2/h8-9,11-12,14-17,21H,6-7,10,13,18-20H2,1-5H3,(H,28,32)/t21-/m0/s1. The maximum Gasteiger partial charge on any atom is 0.242 e. The normalized spacial score (nSPS) is 11.9. The number of carbonyl (C=O) groups excluding carboxylic acids is 2. The molecule has 9 nitrogen and oxygen atoms in total. The highest BCUT2D eigenvalue weighted by Gasteiger charge is 2.27. The predicted molar refractivity (Wildman–Crippen MR) is 145 cm³/mol. The zero-order chi connectivity index (χ0) is 27.4. The molecule has 0 fully saturated rings. The number of ether oxygens (including phenoxy) is 2. The van der Waals surface area contributed by atoms with Crippen LogP contribution in [0.4, 0.5) is 5.69 Å². The molecule has 1 atom stereocenters. The lowest BCUT2D eigenvalue weighted by molar-refractivity contribution is -0.140. The molecule has 2 aromatic carbocycles. The number of rotatable bonds is 15. The first-order chi connectivity index (χ1) is 17.6. The molecular weight excluding hydrogens is 494 g/mol. The molecule has 0 unspecified atom stereocenters. The molecule has 0 aliphatic carbocycles. The van der Waals surface area contributed by atoms with Crippen LogP contribution in [0.3, 0.4) is 0 Å². The van der Waals surface area contributed by atoms with E-state index in [1.54, 1.807) is 50.4 Å². The minimum atomic E-state index is -3.62. The summed E-state index contributed by atoms with van der Waals surface area (Å²) in [5.74, 6) is 0.696. The summed E-state index contributed by atoms with van der Waals surface area (Å²) in [6, 6.07) is 13.6. The van der Waals surface area contributed by atoms with Crippen LogP contribution < -0.4 is 19.1 Å². The van der Waals surface area contributed by atoms with Crippen LogP contribution >= 0.6 is 0 Å². The average molecular weight is 534 g/mol. The Bertz CT molecular complexity index is 1120. The molecule has 204 valence electrons. The van der Waals surface area contributed by atoms with Crippen molar-refractivity contribution in [3.8, 4) is 11.5 Å². The Morgan fingerprint density at radius 2 is 1.73 bits per heavy atom. The SMILES string of the molecule is CCCNC(=O)[C@H](C)N(Cc1ccc(OC)cc1)C(=O)CCCN(c1ccccc1OCC)S(C)(=O)=O. The lowest BCUT2D eigenvalue weighted by atomic mass is 10.1. The van der Waals surface area contributed by atoms with Crippen LogP contribution in [0.2, 0.25) is 0 Å². The molecule has 1 N–H and O–H groups in total. The van der Waals surface area contributed by atoms with Gasteiger partial charge in [0, 0.05) is 26.1 Å². The molecule has 0 aliphatic rings. The maximum atomic E-state index is 13.4. The van der Waals surface area contributed by atoms with Gasteiger partial charge in [-0.15, -0.1) is 0 Å². The summed E-state index contributed by atoms with van der Waals surface area (Å²) in [6.45, 7) is 6.75. The van der Waals surface area contributed by atoms with E-state index >= 15 is 0 Å². The van der Waals surface area contributed by atoms with Gasteiger partial charge < -0.3 is 19.7 Å². The number of amides is 2. The summed E-state index contributed by atoms with van der Waals surface area (Å²) < 4.78 is 37.3. The van der Waals surface area contributed by atoms with Crippen LogP contribution in [0.15, 0.2) is 48.5 Å². The third-order valence-electron chi connectivity index (χ3n) is 5.81. The number of hydrogen-bond donors (Lipinski definition) is 1. The molecule has 10 heteroatoms. The minimum Gasteiger partial charge on any atom is -0.497 e. The van der Waals surface area contributed by atoms with Crippen molar-refractivity contribution in [2.45, 2.75) is 52.6 Å². The van der Waals surface area contributed by atoms with Gasteiger partial charge in [0.05, 0.1) is 25.7 Å². The summed E-state index contributed by atoms with van der Waals surface area (Å²) in [7, 11) is -2.04. The summed E-state index contributed by atoms with van der Waals surface area (Å²) >= 11 is 0. The zero-order valence-electron chi connectivity index (χ0n) is 22.4. The van der Waals surface area contributed by atoms with Crippen molar-refractivity contribution in [3.63, 3.8) is 0 Å². The zero-order valence-corrected chi connectivity index (χ0v) is 23.2. The van der Waals surface area contributed by atoms with Crippen molar-refractivity contribution in [1.82, 2.24) is 10.2 Å². The molecule has 0 spiro atoms. The number of benzene rings is 2. The summed E-state index contributed by atoms with van der Waals surface area (Å²) in [4.78, 5) is 27.6. The van der Waals surface area contributed by atoms with Crippen molar-refractivity contribution < 1.29 is 27.5 Å². The van der Waals surface area contributed by atoms with Crippen molar-refractivity contribution in [3.05, 3.63) is 54.1 Å². The lowest BCUT2D eigenvalue weighted by Gasteiger charge is -2.29. The highest BCUT2D eigenvalue weighted by molar-refractivity contribution is 7.92. The van der Waals surface area contributed by atoms with E-state index in [-0.39, 0.29) is 37.7 Å². The fourth-order valence-electron chi connectivity index (χ4n) is 3.83. The quantitative estimate of drug-likeness (QED) is 0.375. The second kappa shape index (κ2) is 14.5. The number of para-hydroxylation sites is 2. The molecule has 2 rings (SSSR count). The van der Waals surface area contributed by atoms with Crippen LogP contribution in [0, 0.1) is 0 Å². The van der Waals surface area contributed by atoms with E-state index in [1.165, 1.54) is 9.21 Å². The molecule has 0 aromatic heterocycles. The maximum absolute atomic E-state index is 13.4. The Morgan fingerprint density at radius 3 is 2.32 bits per heavy atom. The highest BCUT2D eigenvalue weighted by Crippen LogP contribution is 2.30. The van der Waals surface area contributed by atoms with Crippen LogP contribution in [-0.2, 0) is 26.2 Å². The number of hydrogen-bond acceptors (Lipinski definition) is 6. The van der Waals surface area contributed by atoms with Gasteiger partial charge in [0.2, 0.25) is 21.8 Å². The monoisotopic (exact) mass is 533 g/mol. The van der Waals surface area contributed by atoms with Gasteiger partial charge in [-0.2, -0.15) is 0 Å². The first kappa shape index (κ1) is 30.0. The predicted octanol–water partition coefficient (Wildman–Crippen LogP) is 3.58. The highest BCUT2D eigenvalue weighted by atomic mass is 32.2. The molecule has 0 heterocycles. The third kappa shape index (κ3) is 8.96. The number of nitrogens with one attached hydrogen (secondary N) is 1. The molecule has 0 saturated carbocycles. The lowest BCUT2D eigenvalue weighted by Crippen LogP contribution is -2.47. The van der Waals surface area contributed by atoms with Gasteiger partial charge in [-0.1, -0.05) is 31.2 Å². The molecule has 2 aromatic rings. The van der Waals surface area contributed by atoms with E-state index in [4.69, 9.17) is 9.47 Å². The van der Waals surface area contributed by atoms with Crippen molar-refractivity contribution in [2.75, 3.05) is 37.4 Å². The van der Waals surface area contributed by atoms with Crippen molar-refractivity contribution in [1.29, 1.82) is 0 Å². The van der Waals surface area contributed by atoms with Gasteiger partial charge in [0.25, 0.3) is 0 Å². The van der Waals surface area contributed by atoms with E-state index in [0.717, 1.165) is 18.2 Å². The molecule has 0 aliphatic heterocycles. The van der Waals surface area contributed by atoms with Gasteiger partial charge in [0.1, 0.15) is 17.5 Å². The van der Waals surface area contributed by atoms with Gasteiger partial charge in [-0.05, 0) is 56.5 Å². The van der Waals surface area contributed by atoms with E-state index in [1.807, 2.05) is 26.0 Å². The average Bonchev–Trinajstić information content (AvgIpc) is 2.88. The van der Waals surface area contributed by atoms with Crippen molar-refractivity contribution in [2.24, 2.45) is 0 Å². The Morgan fingerprint density at radius 1 is 1.05 bits per heavy atom. The fraction of sp³-hybridized carbons (Fsp3) is 0.481. The molecule has 37 heavy (non-hydrogen) atoms. The number of nitrogens with zero attached hydrogens (tertiary/aromatic N) is 2. The molecule has 0 radical (unpaired) electrons. The number of sulfonamides is 1. The first-order valence-electron chi connectivity index (χ1n) is 12.5. The smallest absolute Gasteiger partial charge is 0.242 e. The molecular formula is C27H39N3O6S. The Balaban J connectivity index is 2.19. The van der Waals surface area contributed by atoms with Crippen LogP contribution in [0.5, 0.6) is 11.5 Å². The van der Waals surface area contributed by atoms with E-state index in [2.05, 4.69) is 5.32 Å². The Labute approximate surface area is 220 Å². The first-order valence-corrected chi connectivity index (χ1v) is 14.4. The van der Waals surface area contributed by atoms with Crippen LogP contribution in [-0.4, -0.2) is 64.2 Å².